The van der Waals surface area contributed by atoms with E-state index in [9.17, 15) is 4.79 Å². The molecule has 4 rings (SSSR count). The predicted octanol–water partition coefficient (Wildman–Crippen LogP) is 2.47. The summed E-state index contributed by atoms with van der Waals surface area (Å²) in [6, 6.07) is 7.40. The first-order valence-electron chi connectivity index (χ1n) is 8.88. The molecule has 0 saturated heterocycles. The van der Waals surface area contributed by atoms with Crippen molar-refractivity contribution in [3.8, 4) is 0 Å². The third-order valence-corrected chi connectivity index (χ3v) is 5.08. The molecule has 8 heteroatoms. The van der Waals surface area contributed by atoms with Gasteiger partial charge in [-0.1, -0.05) is 41.4 Å². The number of benzene rings is 1. The third-order valence-electron chi connectivity index (χ3n) is 4.75. The van der Waals surface area contributed by atoms with Crippen LogP contribution in [-0.4, -0.2) is 32.5 Å². The van der Waals surface area contributed by atoms with Gasteiger partial charge >= 0.3 is 0 Å². The van der Waals surface area contributed by atoms with Crippen molar-refractivity contribution in [2.24, 2.45) is 5.16 Å². The van der Waals surface area contributed by atoms with E-state index in [0.717, 1.165) is 43.0 Å². The number of nitrogens with zero attached hydrogens (tertiary/aromatic N) is 4. The van der Waals surface area contributed by atoms with Gasteiger partial charge in [-0.25, -0.2) is 0 Å². The Labute approximate surface area is 156 Å². The van der Waals surface area contributed by atoms with Crippen molar-refractivity contribution < 1.29 is 9.63 Å². The van der Waals surface area contributed by atoms with E-state index < -0.39 is 6.10 Å². The molecule has 26 heavy (non-hydrogen) atoms. The summed E-state index contributed by atoms with van der Waals surface area (Å²) in [7, 11) is 0. The van der Waals surface area contributed by atoms with Crippen molar-refractivity contribution in [1.82, 2.24) is 20.1 Å². The first kappa shape index (κ1) is 17.0. The smallest absolute Gasteiger partial charge is 0.264 e. The molecule has 7 nitrogen and oxygen atoms in total. The van der Waals surface area contributed by atoms with Gasteiger partial charge in [-0.15, -0.1) is 10.2 Å². The molecule has 1 aromatic carbocycles. The van der Waals surface area contributed by atoms with Crippen LogP contribution in [0.2, 0.25) is 5.02 Å². The number of nitrogens with one attached hydrogen (secondary N) is 1. The minimum Gasteiger partial charge on any atom is -0.382 e. The number of hydrogen-bond acceptors (Lipinski definition) is 5. The summed E-state index contributed by atoms with van der Waals surface area (Å²) in [4.78, 5) is 17.8. The van der Waals surface area contributed by atoms with Crippen molar-refractivity contribution in [2.45, 2.75) is 51.3 Å². The molecule has 3 heterocycles. The van der Waals surface area contributed by atoms with Crippen molar-refractivity contribution >= 4 is 23.2 Å². The maximum absolute atomic E-state index is 12.4. The minimum atomic E-state index is -0.646. The van der Waals surface area contributed by atoms with Crippen LogP contribution >= 0.6 is 11.6 Å². The van der Waals surface area contributed by atoms with Crippen LogP contribution in [0.4, 0.5) is 0 Å². The normalized spacial score (nSPS) is 19.3. The molecule has 0 spiro atoms. The Morgan fingerprint density at radius 1 is 1.27 bits per heavy atom. The van der Waals surface area contributed by atoms with E-state index in [1.807, 2.05) is 18.2 Å². The molecule has 0 unspecified atom stereocenters. The number of carbonyl (C=O) groups is 1. The lowest BCUT2D eigenvalue weighted by molar-refractivity contribution is -0.131. The first-order valence-corrected chi connectivity index (χ1v) is 9.26. The van der Waals surface area contributed by atoms with Gasteiger partial charge in [-0.05, 0) is 18.9 Å². The fourth-order valence-electron chi connectivity index (χ4n) is 3.33. The van der Waals surface area contributed by atoms with E-state index >= 15 is 0 Å². The number of hydrogen-bond donors (Lipinski definition) is 1. The molecule has 0 aliphatic carbocycles. The summed E-state index contributed by atoms with van der Waals surface area (Å²) in [6.07, 6.45) is 4.16. The quantitative estimate of drug-likeness (QED) is 0.892. The highest BCUT2D eigenvalue weighted by Gasteiger charge is 2.30. The van der Waals surface area contributed by atoms with Crippen LogP contribution in [0.5, 0.6) is 0 Å². The maximum atomic E-state index is 12.4. The molecule has 1 aromatic heterocycles. The number of fused-ring (bicyclic) bond motifs is 1. The number of rotatable bonds is 4. The number of carbonyl (C=O) groups excluding carboxylic acids is 1. The van der Waals surface area contributed by atoms with E-state index in [1.54, 1.807) is 6.07 Å². The Balaban J connectivity index is 1.36. The number of oxime groups is 1. The van der Waals surface area contributed by atoms with Crippen LogP contribution in [0.25, 0.3) is 0 Å². The van der Waals surface area contributed by atoms with Gasteiger partial charge in [-0.2, -0.15) is 0 Å². The zero-order chi connectivity index (χ0) is 17.9. The van der Waals surface area contributed by atoms with E-state index in [4.69, 9.17) is 16.4 Å². The van der Waals surface area contributed by atoms with Crippen LogP contribution in [0.1, 0.15) is 42.9 Å². The fourth-order valence-corrected chi connectivity index (χ4v) is 3.57. The Hall–Kier alpha value is -2.41. The molecule has 0 saturated carbocycles. The fraction of sp³-hybridized carbons (Fsp3) is 0.444. The molecule has 1 N–H and O–H groups in total. The first-order chi connectivity index (χ1) is 12.7. The summed E-state index contributed by atoms with van der Waals surface area (Å²) < 4.78 is 2.12. The van der Waals surface area contributed by atoms with Gasteiger partial charge in [0.25, 0.3) is 5.91 Å². The third kappa shape index (κ3) is 3.44. The van der Waals surface area contributed by atoms with Crippen LogP contribution in [-0.2, 0) is 29.1 Å². The molecule has 136 valence electrons. The molecule has 0 radical (unpaired) electrons. The SMILES string of the molecule is O=C(NCc1nnc2n1CCCCC2)[C@@H]1CC(c2ccccc2Cl)=NO1. The van der Waals surface area contributed by atoms with Gasteiger partial charge in [0, 0.05) is 30.0 Å². The van der Waals surface area contributed by atoms with Crippen molar-refractivity contribution in [3.05, 3.63) is 46.5 Å². The molecular formula is C18H20ClN5O2. The van der Waals surface area contributed by atoms with E-state index in [0.29, 0.717) is 23.7 Å². The van der Waals surface area contributed by atoms with Crippen LogP contribution in [0, 0.1) is 0 Å². The van der Waals surface area contributed by atoms with Gasteiger partial charge in [0.15, 0.2) is 5.82 Å². The Bertz CT molecular complexity index is 848. The monoisotopic (exact) mass is 373 g/mol. The summed E-state index contributed by atoms with van der Waals surface area (Å²) in [5, 5.41) is 16.0. The molecule has 2 aliphatic rings. The van der Waals surface area contributed by atoms with Gasteiger partial charge in [-0.3, -0.25) is 4.79 Å². The Kier molecular flexibility index (Phi) is 4.88. The topological polar surface area (TPSA) is 81.4 Å². The minimum absolute atomic E-state index is 0.207. The lowest BCUT2D eigenvalue weighted by Gasteiger charge is -2.11. The van der Waals surface area contributed by atoms with Crippen molar-refractivity contribution in [1.29, 1.82) is 0 Å². The molecule has 1 amide bonds. The standard InChI is InChI=1S/C18H20ClN5O2/c19-13-7-4-3-6-12(13)14-10-15(26-23-14)18(25)20-11-17-22-21-16-8-2-1-5-9-24(16)17/h3-4,6-7,15H,1-2,5,8-11H2,(H,20,25)/t15-/m0/s1. The largest absolute Gasteiger partial charge is 0.382 e. The summed E-state index contributed by atoms with van der Waals surface area (Å²) in [6.45, 7) is 1.25. The van der Waals surface area contributed by atoms with Crippen LogP contribution < -0.4 is 5.32 Å². The second-order valence-electron chi connectivity index (χ2n) is 6.53. The molecule has 2 aliphatic heterocycles. The van der Waals surface area contributed by atoms with E-state index in [-0.39, 0.29) is 5.91 Å². The summed E-state index contributed by atoms with van der Waals surface area (Å²) in [5.41, 5.74) is 1.49. The average molecular weight is 374 g/mol. The highest BCUT2D eigenvalue weighted by Crippen LogP contribution is 2.23. The zero-order valence-corrected chi connectivity index (χ0v) is 15.1. The number of amides is 1. The van der Waals surface area contributed by atoms with Crippen LogP contribution in [0.3, 0.4) is 0 Å². The highest BCUT2D eigenvalue weighted by molar-refractivity contribution is 6.34. The average Bonchev–Trinajstić information content (AvgIpc) is 3.22. The van der Waals surface area contributed by atoms with Gasteiger partial charge in [0.05, 0.1) is 12.3 Å². The maximum Gasteiger partial charge on any atom is 0.264 e. The second-order valence-corrected chi connectivity index (χ2v) is 6.94. The van der Waals surface area contributed by atoms with Gasteiger partial charge < -0.3 is 14.7 Å². The van der Waals surface area contributed by atoms with Crippen molar-refractivity contribution in [2.75, 3.05) is 0 Å². The zero-order valence-electron chi connectivity index (χ0n) is 14.3. The number of halogens is 1. The molecule has 0 bridgehead atoms. The van der Waals surface area contributed by atoms with Crippen LogP contribution in [0.15, 0.2) is 29.4 Å². The second kappa shape index (κ2) is 7.45. The van der Waals surface area contributed by atoms with E-state index in [1.165, 1.54) is 6.42 Å². The van der Waals surface area contributed by atoms with E-state index in [2.05, 4.69) is 25.2 Å². The predicted molar refractivity (Wildman–Crippen MR) is 96.9 cm³/mol. The molecule has 2 aromatic rings. The number of aromatic nitrogens is 3. The molecule has 1 atom stereocenters. The molecular weight excluding hydrogens is 354 g/mol. The summed E-state index contributed by atoms with van der Waals surface area (Å²) >= 11 is 6.19. The Morgan fingerprint density at radius 3 is 3.04 bits per heavy atom. The Morgan fingerprint density at radius 2 is 2.15 bits per heavy atom. The van der Waals surface area contributed by atoms with Gasteiger partial charge in [0.2, 0.25) is 6.10 Å². The molecule has 0 fully saturated rings. The number of aryl methyl sites for hydroxylation is 1. The summed E-state index contributed by atoms with van der Waals surface area (Å²) in [5.74, 6) is 1.59. The van der Waals surface area contributed by atoms with Gasteiger partial charge in [0.1, 0.15) is 5.82 Å². The lowest BCUT2D eigenvalue weighted by Crippen LogP contribution is -2.35. The highest BCUT2D eigenvalue weighted by atomic mass is 35.5. The lowest BCUT2D eigenvalue weighted by atomic mass is 10.0. The van der Waals surface area contributed by atoms with Crippen molar-refractivity contribution in [3.63, 3.8) is 0 Å².